The molecule has 1 aromatic carbocycles. The van der Waals surface area contributed by atoms with Crippen LogP contribution in [0.4, 0.5) is 0 Å². The highest BCUT2D eigenvalue weighted by Crippen LogP contribution is 2.17. The number of halogens is 1. The molecule has 0 N–H and O–H groups in total. The van der Waals surface area contributed by atoms with Crippen molar-refractivity contribution in [1.29, 1.82) is 0 Å². The fourth-order valence-corrected chi connectivity index (χ4v) is 1.49. The fraction of sp³-hybridized carbons (Fsp3) is 0.231. The Morgan fingerprint density at radius 3 is 2.79 bits per heavy atom. The minimum absolute atomic E-state index is 0.136. The highest BCUT2D eigenvalue weighted by atomic mass is 35.5. The van der Waals surface area contributed by atoms with Gasteiger partial charge < -0.3 is 14.0 Å². The lowest BCUT2D eigenvalue weighted by molar-refractivity contribution is 0.0514. The Bertz CT molecular complexity index is 550. The molecule has 0 bridgehead atoms. The van der Waals surface area contributed by atoms with Gasteiger partial charge >= 0.3 is 5.97 Å². The van der Waals surface area contributed by atoms with Crippen molar-refractivity contribution in [3.63, 3.8) is 0 Å². The molecule has 0 aliphatic heterocycles. The number of aromatic nitrogens is 1. The van der Waals surface area contributed by atoms with Crippen molar-refractivity contribution in [1.82, 2.24) is 5.16 Å². The summed E-state index contributed by atoms with van der Waals surface area (Å²) in [5.41, 5.74) is 0.136. The predicted octanol–water partition coefficient (Wildman–Crippen LogP) is 3.08. The SMILES string of the molecule is CCOC(=O)c1cc(COc2ccc(Cl)cc2)on1. The minimum atomic E-state index is -0.510. The Labute approximate surface area is 115 Å². The average Bonchev–Trinajstić information content (AvgIpc) is 2.87. The normalized spacial score (nSPS) is 10.2. The largest absolute Gasteiger partial charge is 0.486 e. The molecule has 100 valence electrons. The van der Waals surface area contributed by atoms with E-state index in [0.29, 0.717) is 23.1 Å². The molecule has 19 heavy (non-hydrogen) atoms. The summed E-state index contributed by atoms with van der Waals surface area (Å²) >= 11 is 5.76. The van der Waals surface area contributed by atoms with Crippen LogP contribution in [0, 0.1) is 0 Å². The summed E-state index contributed by atoms with van der Waals surface area (Å²) in [5, 5.41) is 4.25. The van der Waals surface area contributed by atoms with E-state index >= 15 is 0 Å². The van der Waals surface area contributed by atoms with E-state index < -0.39 is 5.97 Å². The molecular weight excluding hydrogens is 270 g/mol. The first-order valence-electron chi connectivity index (χ1n) is 5.70. The van der Waals surface area contributed by atoms with E-state index in [2.05, 4.69) is 5.16 Å². The maximum absolute atomic E-state index is 11.4. The van der Waals surface area contributed by atoms with Crippen molar-refractivity contribution in [2.45, 2.75) is 13.5 Å². The first-order chi connectivity index (χ1) is 9.19. The Hall–Kier alpha value is -2.01. The zero-order valence-corrected chi connectivity index (χ0v) is 11.0. The molecule has 2 rings (SSSR count). The van der Waals surface area contributed by atoms with Gasteiger partial charge in [-0.2, -0.15) is 0 Å². The number of hydrogen-bond acceptors (Lipinski definition) is 5. The summed E-state index contributed by atoms with van der Waals surface area (Å²) in [7, 11) is 0. The lowest BCUT2D eigenvalue weighted by atomic mass is 10.3. The first kappa shape index (κ1) is 13.4. The third-order valence-corrected chi connectivity index (χ3v) is 2.49. The molecule has 1 aromatic heterocycles. The van der Waals surface area contributed by atoms with Crippen LogP contribution in [0.25, 0.3) is 0 Å². The van der Waals surface area contributed by atoms with Crippen molar-refractivity contribution >= 4 is 17.6 Å². The van der Waals surface area contributed by atoms with Crippen LogP contribution < -0.4 is 4.74 Å². The number of nitrogens with zero attached hydrogens (tertiary/aromatic N) is 1. The van der Waals surface area contributed by atoms with Crippen molar-refractivity contribution in [2.24, 2.45) is 0 Å². The van der Waals surface area contributed by atoms with Gasteiger partial charge in [0.25, 0.3) is 0 Å². The van der Waals surface area contributed by atoms with Crippen LogP contribution in [0.15, 0.2) is 34.9 Å². The lowest BCUT2D eigenvalue weighted by Gasteiger charge is -2.02. The van der Waals surface area contributed by atoms with E-state index in [4.69, 9.17) is 25.6 Å². The maximum Gasteiger partial charge on any atom is 0.360 e. The van der Waals surface area contributed by atoms with E-state index in [1.165, 1.54) is 6.07 Å². The summed E-state index contributed by atoms with van der Waals surface area (Å²) in [4.78, 5) is 11.4. The Kier molecular flexibility index (Phi) is 4.41. The maximum atomic E-state index is 11.4. The molecule has 0 amide bonds. The van der Waals surface area contributed by atoms with Crippen LogP contribution in [-0.4, -0.2) is 17.7 Å². The molecule has 5 nitrogen and oxygen atoms in total. The molecule has 2 aromatic rings. The molecule has 1 heterocycles. The number of rotatable bonds is 5. The lowest BCUT2D eigenvalue weighted by Crippen LogP contribution is -2.04. The first-order valence-corrected chi connectivity index (χ1v) is 6.08. The quantitative estimate of drug-likeness (QED) is 0.788. The Balaban J connectivity index is 1.93. The van der Waals surface area contributed by atoms with Crippen LogP contribution in [0.1, 0.15) is 23.2 Å². The molecule has 6 heteroatoms. The number of carbonyl (C=O) groups is 1. The second-order valence-electron chi connectivity index (χ2n) is 3.64. The van der Waals surface area contributed by atoms with Crippen LogP contribution in [0.5, 0.6) is 5.75 Å². The van der Waals surface area contributed by atoms with Crippen molar-refractivity contribution < 1.29 is 18.8 Å². The minimum Gasteiger partial charge on any atom is -0.486 e. The summed E-state index contributed by atoms with van der Waals surface area (Å²) < 4.78 is 15.2. The van der Waals surface area contributed by atoms with Crippen molar-refractivity contribution in [2.75, 3.05) is 6.61 Å². The van der Waals surface area contributed by atoms with Gasteiger partial charge in [-0.05, 0) is 31.2 Å². The zero-order chi connectivity index (χ0) is 13.7. The van der Waals surface area contributed by atoms with Gasteiger partial charge in [-0.1, -0.05) is 16.8 Å². The molecule has 0 fully saturated rings. The summed E-state index contributed by atoms with van der Waals surface area (Å²) in [6.07, 6.45) is 0. The molecule has 0 unspecified atom stereocenters. The Morgan fingerprint density at radius 2 is 2.11 bits per heavy atom. The van der Waals surface area contributed by atoms with Gasteiger partial charge in [0.1, 0.15) is 12.4 Å². The van der Waals surface area contributed by atoms with E-state index in [1.807, 2.05) is 0 Å². The van der Waals surface area contributed by atoms with Gasteiger partial charge in [0.05, 0.1) is 6.61 Å². The van der Waals surface area contributed by atoms with Gasteiger partial charge in [0.2, 0.25) is 0 Å². The monoisotopic (exact) mass is 281 g/mol. The number of ether oxygens (including phenoxy) is 2. The molecule has 0 saturated carbocycles. The van der Waals surface area contributed by atoms with Crippen LogP contribution in [-0.2, 0) is 11.3 Å². The average molecular weight is 282 g/mol. The molecule has 0 spiro atoms. The number of esters is 1. The van der Waals surface area contributed by atoms with Gasteiger partial charge in [-0.3, -0.25) is 0 Å². The molecular formula is C13H12ClNO4. The second kappa shape index (κ2) is 6.24. The van der Waals surface area contributed by atoms with E-state index in [1.54, 1.807) is 31.2 Å². The molecule has 0 saturated heterocycles. The van der Waals surface area contributed by atoms with E-state index in [-0.39, 0.29) is 12.3 Å². The highest BCUT2D eigenvalue weighted by molar-refractivity contribution is 6.30. The van der Waals surface area contributed by atoms with Gasteiger partial charge in [0.15, 0.2) is 11.5 Å². The summed E-state index contributed by atoms with van der Waals surface area (Å²) in [6.45, 7) is 2.19. The van der Waals surface area contributed by atoms with E-state index in [0.717, 1.165) is 0 Å². The molecule has 0 aliphatic rings. The van der Waals surface area contributed by atoms with E-state index in [9.17, 15) is 4.79 Å². The Morgan fingerprint density at radius 1 is 1.37 bits per heavy atom. The summed E-state index contributed by atoms with van der Waals surface area (Å²) in [6, 6.07) is 8.42. The van der Waals surface area contributed by atoms with Crippen LogP contribution in [0.2, 0.25) is 5.02 Å². The van der Waals surface area contributed by atoms with Crippen molar-refractivity contribution in [3.05, 3.63) is 46.8 Å². The number of carbonyl (C=O) groups excluding carboxylic acids is 1. The predicted molar refractivity (Wildman–Crippen MR) is 68.2 cm³/mol. The highest BCUT2D eigenvalue weighted by Gasteiger charge is 2.13. The number of benzene rings is 1. The molecule has 0 atom stereocenters. The fourth-order valence-electron chi connectivity index (χ4n) is 1.37. The zero-order valence-electron chi connectivity index (χ0n) is 10.3. The smallest absolute Gasteiger partial charge is 0.360 e. The standard InChI is InChI=1S/C13H12ClNO4/c1-2-17-13(16)12-7-11(19-15-12)8-18-10-5-3-9(14)4-6-10/h3-7H,2,8H2,1H3. The second-order valence-corrected chi connectivity index (χ2v) is 4.08. The molecule has 0 radical (unpaired) electrons. The third-order valence-electron chi connectivity index (χ3n) is 2.24. The summed E-state index contributed by atoms with van der Waals surface area (Å²) in [5.74, 6) is 0.584. The van der Waals surface area contributed by atoms with Gasteiger partial charge in [-0.25, -0.2) is 4.79 Å². The van der Waals surface area contributed by atoms with Gasteiger partial charge in [-0.15, -0.1) is 0 Å². The third kappa shape index (κ3) is 3.72. The molecule has 0 aliphatic carbocycles. The topological polar surface area (TPSA) is 61.6 Å². The van der Waals surface area contributed by atoms with Gasteiger partial charge in [0, 0.05) is 11.1 Å². The van der Waals surface area contributed by atoms with Crippen molar-refractivity contribution in [3.8, 4) is 5.75 Å². The van der Waals surface area contributed by atoms with Crippen LogP contribution in [0.3, 0.4) is 0 Å². The van der Waals surface area contributed by atoms with Crippen LogP contribution >= 0.6 is 11.6 Å². The number of hydrogen-bond donors (Lipinski definition) is 0.